The van der Waals surface area contributed by atoms with Gasteiger partial charge in [-0.25, -0.2) is 19.9 Å². The molecule has 2 saturated heterocycles. The zero-order valence-corrected chi connectivity index (χ0v) is 40.4. The van der Waals surface area contributed by atoms with E-state index in [1.165, 1.54) is 64.1 Å². The molecule has 2 fully saturated rings. The Morgan fingerprint density at radius 3 is 1.75 bits per heavy atom. The minimum atomic E-state index is -4.25. The molecule has 1 aromatic carbocycles. The smallest absolute Gasteiger partial charge is 0.378 e. The van der Waals surface area contributed by atoms with Crippen molar-refractivity contribution in [1.82, 2.24) is 19.9 Å². The third-order valence-corrected chi connectivity index (χ3v) is 13.5. The summed E-state index contributed by atoms with van der Waals surface area (Å²) in [5.74, 6) is 3.56. The zero-order valence-electron chi connectivity index (χ0n) is 38.0. The Balaban J connectivity index is 0.000000266. The maximum Gasteiger partial charge on any atom is 0.427 e. The molecular weight excluding hydrogens is 830 g/mol. The molecule has 61 heavy (non-hydrogen) atoms. The molecule has 0 atom stereocenters. The van der Waals surface area contributed by atoms with Gasteiger partial charge in [0, 0.05) is 72.0 Å². The van der Waals surface area contributed by atoms with Crippen molar-refractivity contribution in [3.8, 4) is 0 Å². The third-order valence-electron chi connectivity index (χ3n) is 9.66. The summed E-state index contributed by atoms with van der Waals surface area (Å²) in [5, 5.41) is 5.03. The van der Waals surface area contributed by atoms with Crippen molar-refractivity contribution in [1.29, 1.82) is 0 Å². The van der Waals surface area contributed by atoms with Crippen molar-refractivity contribution in [2.24, 2.45) is 0 Å². The number of hydrogen-bond acceptors (Lipinski definition) is 10. The van der Waals surface area contributed by atoms with Crippen LogP contribution in [0.1, 0.15) is 167 Å². The molecule has 5 aromatic rings. The Labute approximate surface area is 378 Å². The van der Waals surface area contributed by atoms with Gasteiger partial charge in [0.2, 0.25) is 0 Å². The van der Waals surface area contributed by atoms with Crippen LogP contribution < -0.4 is 9.80 Å². The average Bonchev–Trinajstić information content (AvgIpc) is 4.02. The van der Waals surface area contributed by atoms with Crippen LogP contribution in [-0.2, 0) is 10.9 Å². The number of alkyl halides is 3. The number of aryl methyl sites for hydroxylation is 2. The van der Waals surface area contributed by atoms with Crippen LogP contribution in [0.3, 0.4) is 0 Å². The molecule has 0 unspecified atom stereocenters. The number of ether oxygens (including phenoxy) is 1. The number of thiazole rings is 3. The second-order valence-electron chi connectivity index (χ2n) is 16.6. The Kier molecular flexibility index (Phi) is 23.7. The zero-order chi connectivity index (χ0) is 44.4. The molecule has 0 amide bonds. The van der Waals surface area contributed by atoms with E-state index >= 15 is 0 Å². The van der Waals surface area contributed by atoms with Crippen molar-refractivity contribution in [3.63, 3.8) is 0 Å². The predicted molar refractivity (Wildman–Crippen MR) is 258 cm³/mol. The first-order valence-electron chi connectivity index (χ1n) is 21.4. The Hall–Kier alpha value is -3.39. The molecule has 7 rings (SSSR count). The molecule has 340 valence electrons. The molecule has 0 spiro atoms. The molecule has 0 N–H and O–H groups in total. The molecule has 7 nitrogen and oxygen atoms in total. The molecular formula is C48H73F3N6OS3. The van der Waals surface area contributed by atoms with Crippen LogP contribution in [0.2, 0.25) is 0 Å². The molecule has 4 aromatic heterocycles. The van der Waals surface area contributed by atoms with E-state index in [1.807, 2.05) is 40.1 Å². The number of hydrogen-bond donors (Lipinski definition) is 0. The number of halogens is 3. The molecule has 2 aliphatic rings. The van der Waals surface area contributed by atoms with E-state index in [9.17, 15) is 13.2 Å². The number of rotatable bonds is 7. The highest BCUT2D eigenvalue weighted by molar-refractivity contribution is 7.12. The summed E-state index contributed by atoms with van der Waals surface area (Å²) in [6, 6.07) is 13.2. The van der Waals surface area contributed by atoms with E-state index in [0.29, 0.717) is 40.0 Å². The number of aromatic nitrogens is 4. The van der Waals surface area contributed by atoms with Crippen molar-refractivity contribution in [2.75, 3.05) is 49.2 Å². The van der Waals surface area contributed by atoms with Crippen LogP contribution in [0.4, 0.5) is 24.7 Å². The van der Waals surface area contributed by atoms with Gasteiger partial charge in [-0.3, -0.25) is 0 Å². The first-order chi connectivity index (χ1) is 28.4. The van der Waals surface area contributed by atoms with Crippen LogP contribution in [0, 0.1) is 13.8 Å². The van der Waals surface area contributed by atoms with Gasteiger partial charge in [0.05, 0.1) is 34.4 Å². The van der Waals surface area contributed by atoms with E-state index in [4.69, 9.17) is 4.74 Å². The molecule has 6 heterocycles. The first-order valence-corrected chi connectivity index (χ1v) is 23.9. The van der Waals surface area contributed by atoms with Gasteiger partial charge in [-0.15, -0.1) is 34.0 Å². The number of nitrogens with zero attached hydrogens (tertiary/aromatic N) is 6. The molecule has 0 bridgehead atoms. The summed E-state index contributed by atoms with van der Waals surface area (Å²) < 4.78 is 41.4. The van der Waals surface area contributed by atoms with E-state index in [2.05, 4.69) is 127 Å². The van der Waals surface area contributed by atoms with Crippen molar-refractivity contribution in [2.45, 2.75) is 146 Å². The average molecular weight is 903 g/mol. The largest absolute Gasteiger partial charge is 0.427 e. The fourth-order valence-corrected chi connectivity index (χ4v) is 8.51. The normalized spacial score (nSPS) is 14.0. The van der Waals surface area contributed by atoms with E-state index < -0.39 is 11.1 Å². The summed E-state index contributed by atoms with van der Waals surface area (Å²) in [7, 11) is 0. The van der Waals surface area contributed by atoms with E-state index in [0.717, 1.165) is 44.0 Å². The predicted octanol–water partition coefficient (Wildman–Crippen LogP) is 14.9. The number of pyridine rings is 1. The van der Waals surface area contributed by atoms with Crippen LogP contribution in [0.5, 0.6) is 0 Å². The van der Waals surface area contributed by atoms with Crippen molar-refractivity contribution >= 4 is 45.5 Å². The van der Waals surface area contributed by atoms with Crippen LogP contribution in [-0.4, -0.2) is 59.3 Å². The van der Waals surface area contributed by atoms with Gasteiger partial charge in [-0.2, -0.15) is 13.2 Å². The van der Waals surface area contributed by atoms with Gasteiger partial charge >= 0.3 is 6.18 Å². The second kappa shape index (κ2) is 26.9. The lowest BCUT2D eigenvalue weighted by Gasteiger charge is -2.31. The van der Waals surface area contributed by atoms with Crippen molar-refractivity contribution < 1.29 is 17.9 Å². The van der Waals surface area contributed by atoms with E-state index in [-0.39, 0.29) is 13.3 Å². The SMILES string of the molecule is C.CC(C)c1ccccc1N1CCCCC1.CC(C)c1ccnc(N2CCOCC2)c1.CC(C)c1ncc(C(F)(F)F)s1.Cc1csc(C(C)C)n1.Cc1ncc(C(C)C)s1. The minimum absolute atomic E-state index is 0. The van der Waals surface area contributed by atoms with Crippen LogP contribution in [0.25, 0.3) is 0 Å². The Bertz CT molecular complexity index is 1880. The summed E-state index contributed by atoms with van der Waals surface area (Å²) in [5.41, 5.74) is 5.46. The van der Waals surface area contributed by atoms with Gasteiger partial charge in [-0.1, -0.05) is 94.9 Å². The van der Waals surface area contributed by atoms with Gasteiger partial charge in [0.15, 0.2) is 0 Å². The topological polar surface area (TPSA) is 67.3 Å². The number of morpholine rings is 1. The Morgan fingerprint density at radius 1 is 0.672 bits per heavy atom. The summed E-state index contributed by atoms with van der Waals surface area (Å²) in [4.78, 5) is 22.2. The van der Waals surface area contributed by atoms with Gasteiger partial charge in [0.25, 0.3) is 0 Å². The van der Waals surface area contributed by atoms with Crippen molar-refractivity contribution in [3.05, 3.63) is 102 Å². The molecule has 2 aliphatic heterocycles. The van der Waals surface area contributed by atoms with E-state index in [1.54, 1.807) is 22.7 Å². The summed E-state index contributed by atoms with van der Waals surface area (Å²) >= 11 is 4.24. The highest BCUT2D eigenvalue weighted by Crippen LogP contribution is 2.35. The fraction of sp³-hybridized carbons (Fsp3) is 0.583. The van der Waals surface area contributed by atoms with Crippen LogP contribution >= 0.6 is 34.0 Å². The number of benzene rings is 1. The Morgan fingerprint density at radius 2 is 1.31 bits per heavy atom. The highest BCUT2D eigenvalue weighted by Gasteiger charge is 2.33. The highest BCUT2D eigenvalue weighted by atomic mass is 32.1. The van der Waals surface area contributed by atoms with Gasteiger partial charge in [-0.05, 0) is 80.2 Å². The van der Waals surface area contributed by atoms with Gasteiger partial charge < -0.3 is 14.5 Å². The summed E-state index contributed by atoms with van der Waals surface area (Å²) in [6.07, 6.45) is 4.62. The van der Waals surface area contributed by atoms with Gasteiger partial charge in [0.1, 0.15) is 10.7 Å². The molecule has 0 radical (unpaired) electrons. The fourth-order valence-electron chi connectivity index (χ4n) is 6.12. The number of piperidine rings is 1. The molecule has 0 saturated carbocycles. The number of para-hydroxylation sites is 1. The summed E-state index contributed by atoms with van der Waals surface area (Å²) in [6.45, 7) is 31.4. The maximum absolute atomic E-state index is 12.0. The lowest BCUT2D eigenvalue weighted by Crippen LogP contribution is -2.36. The number of anilines is 2. The lowest BCUT2D eigenvalue weighted by molar-refractivity contribution is -0.134. The quantitative estimate of drug-likeness (QED) is 0.161. The molecule has 13 heteroatoms. The molecule has 0 aliphatic carbocycles. The standard InChI is InChI=1S/C14H21N.C12H18N2O.C7H8F3NS.2C7H11NS.CH4/c1-12(2)13-8-4-5-9-14(13)15-10-6-3-7-11-15;1-10(2)11-3-4-13-12(9-11)14-5-7-15-8-6-14;1-4(2)6-11-3-5(12-6)7(8,9)10;1-5(2)7-4-8-6(3)9-7;1-5(2)7-8-6(3)4-9-7;/h4-5,8-9,12H,3,6-7,10-11H2,1-2H3;3-4,9-10H,5-8H2,1-2H3;3-4H,1-2H3;2*4-5H,1-3H3;1H4. The van der Waals surface area contributed by atoms with Crippen LogP contribution in [0.15, 0.2) is 60.4 Å². The third kappa shape index (κ3) is 18.9. The second-order valence-corrected chi connectivity index (χ2v) is 19.8. The maximum atomic E-state index is 12.0. The first kappa shape index (κ1) is 53.7. The monoisotopic (exact) mass is 902 g/mol. The lowest BCUT2D eigenvalue weighted by atomic mass is 9.99. The minimum Gasteiger partial charge on any atom is -0.378 e.